The normalized spacial score (nSPS) is 18.3. The summed E-state index contributed by atoms with van der Waals surface area (Å²) in [5.74, 6) is 0.336. The number of carbonyl (C=O) groups is 1. The average Bonchev–Trinajstić information content (AvgIpc) is 2.55. The van der Waals surface area contributed by atoms with Crippen LogP contribution in [0.25, 0.3) is 0 Å². The Bertz CT molecular complexity index is 647. The highest BCUT2D eigenvalue weighted by atomic mass is 32.2. The van der Waals surface area contributed by atoms with Crippen molar-refractivity contribution in [3.05, 3.63) is 29.8 Å². The number of amides is 1. The number of aryl methyl sites for hydroxylation is 1. The van der Waals surface area contributed by atoms with E-state index in [1.807, 2.05) is 32.9 Å². The fraction of sp³-hybridized carbons (Fsp3) is 0.611. The molecule has 1 fully saturated rings. The van der Waals surface area contributed by atoms with Crippen LogP contribution in [0.3, 0.4) is 0 Å². The fourth-order valence-corrected chi connectivity index (χ4v) is 4.38. The minimum absolute atomic E-state index is 0.0733. The van der Waals surface area contributed by atoms with Gasteiger partial charge in [-0.3, -0.25) is 4.79 Å². The van der Waals surface area contributed by atoms with E-state index in [9.17, 15) is 13.2 Å². The van der Waals surface area contributed by atoms with Crippen molar-refractivity contribution >= 4 is 15.9 Å². The van der Waals surface area contributed by atoms with Crippen LogP contribution in [0.5, 0.6) is 0 Å². The molecule has 1 aromatic carbocycles. The summed E-state index contributed by atoms with van der Waals surface area (Å²) in [6, 6.07) is 7.16. The quantitative estimate of drug-likeness (QED) is 0.856. The molecule has 5 nitrogen and oxygen atoms in total. The Kier molecular flexibility index (Phi) is 6.40. The third-order valence-electron chi connectivity index (χ3n) is 4.73. The highest BCUT2D eigenvalue weighted by molar-refractivity contribution is 7.89. The van der Waals surface area contributed by atoms with E-state index in [0.29, 0.717) is 24.4 Å². The van der Waals surface area contributed by atoms with Crippen LogP contribution in [0.4, 0.5) is 0 Å². The van der Waals surface area contributed by atoms with E-state index in [-0.39, 0.29) is 17.9 Å². The molecule has 1 amide bonds. The van der Waals surface area contributed by atoms with Crippen LogP contribution in [-0.4, -0.2) is 37.8 Å². The van der Waals surface area contributed by atoms with E-state index >= 15 is 0 Å². The molecule has 6 heteroatoms. The third kappa shape index (κ3) is 4.80. The van der Waals surface area contributed by atoms with Gasteiger partial charge in [0.1, 0.15) is 0 Å². The first kappa shape index (κ1) is 18.9. The summed E-state index contributed by atoms with van der Waals surface area (Å²) < 4.78 is 26.9. The number of hydrogen-bond acceptors (Lipinski definition) is 3. The lowest BCUT2D eigenvalue weighted by Gasteiger charge is -2.31. The lowest BCUT2D eigenvalue weighted by atomic mass is 9.94. The summed E-state index contributed by atoms with van der Waals surface area (Å²) in [4.78, 5) is 12.3. The molecule has 24 heavy (non-hydrogen) atoms. The molecule has 0 bridgehead atoms. The Morgan fingerprint density at radius 2 is 1.83 bits per heavy atom. The van der Waals surface area contributed by atoms with Gasteiger partial charge in [-0.25, -0.2) is 8.42 Å². The molecule has 0 unspecified atom stereocenters. The predicted octanol–water partition coefficient (Wildman–Crippen LogP) is 2.70. The van der Waals surface area contributed by atoms with Crippen molar-refractivity contribution in [1.82, 2.24) is 9.62 Å². The van der Waals surface area contributed by atoms with Gasteiger partial charge in [-0.2, -0.15) is 4.31 Å². The van der Waals surface area contributed by atoms with Crippen LogP contribution in [0.15, 0.2) is 29.2 Å². The van der Waals surface area contributed by atoms with Crippen molar-refractivity contribution < 1.29 is 13.2 Å². The molecule has 1 atom stereocenters. The Hall–Kier alpha value is -1.40. The molecule has 1 aromatic rings. The molecule has 0 radical (unpaired) electrons. The van der Waals surface area contributed by atoms with Crippen LogP contribution in [0.2, 0.25) is 0 Å². The van der Waals surface area contributed by atoms with Gasteiger partial charge in [0.2, 0.25) is 15.9 Å². The smallest absolute Gasteiger partial charge is 0.243 e. The van der Waals surface area contributed by atoms with Gasteiger partial charge >= 0.3 is 0 Å². The van der Waals surface area contributed by atoms with Crippen LogP contribution >= 0.6 is 0 Å². The van der Waals surface area contributed by atoms with Crippen LogP contribution in [0.1, 0.15) is 45.1 Å². The SMILES string of the molecule is CC[C@H](C)NC(=O)CC1CCN(S(=O)(=O)c2ccc(C)cc2)CC1. The third-order valence-corrected chi connectivity index (χ3v) is 6.64. The van der Waals surface area contributed by atoms with Crippen molar-refractivity contribution in [1.29, 1.82) is 0 Å². The number of nitrogens with zero attached hydrogens (tertiary/aromatic N) is 1. The monoisotopic (exact) mass is 352 g/mol. The second-order valence-electron chi connectivity index (χ2n) is 6.74. The number of hydrogen-bond donors (Lipinski definition) is 1. The molecular weight excluding hydrogens is 324 g/mol. The molecule has 1 saturated heterocycles. The molecule has 0 aromatic heterocycles. The van der Waals surface area contributed by atoms with Gasteiger partial charge in [0.05, 0.1) is 4.90 Å². The highest BCUT2D eigenvalue weighted by Crippen LogP contribution is 2.25. The molecule has 0 aliphatic carbocycles. The lowest BCUT2D eigenvalue weighted by molar-refractivity contribution is -0.122. The van der Waals surface area contributed by atoms with E-state index in [2.05, 4.69) is 5.32 Å². The maximum atomic E-state index is 12.7. The van der Waals surface area contributed by atoms with Crippen molar-refractivity contribution in [2.45, 2.75) is 57.4 Å². The largest absolute Gasteiger partial charge is 0.354 e. The van der Waals surface area contributed by atoms with Crippen LogP contribution in [0, 0.1) is 12.8 Å². The molecule has 0 spiro atoms. The molecule has 1 N–H and O–H groups in total. The van der Waals surface area contributed by atoms with E-state index < -0.39 is 10.0 Å². The van der Waals surface area contributed by atoms with Crippen LogP contribution in [-0.2, 0) is 14.8 Å². The Balaban J connectivity index is 1.90. The zero-order valence-electron chi connectivity index (χ0n) is 14.8. The zero-order chi connectivity index (χ0) is 17.7. The number of rotatable bonds is 6. The second kappa shape index (κ2) is 8.12. The van der Waals surface area contributed by atoms with Gasteiger partial charge in [0.15, 0.2) is 0 Å². The molecule has 1 heterocycles. The van der Waals surface area contributed by atoms with Gasteiger partial charge < -0.3 is 5.32 Å². The van der Waals surface area contributed by atoms with Gasteiger partial charge in [0, 0.05) is 25.6 Å². The minimum Gasteiger partial charge on any atom is -0.354 e. The molecular formula is C18H28N2O3S. The number of piperidine rings is 1. The Morgan fingerprint density at radius 1 is 1.25 bits per heavy atom. The maximum absolute atomic E-state index is 12.7. The standard InChI is InChI=1S/C18H28N2O3S/c1-4-15(3)19-18(21)13-16-9-11-20(12-10-16)24(22,23)17-7-5-14(2)6-8-17/h5-8,15-16H,4,9-13H2,1-3H3,(H,19,21)/t15-/m0/s1. The van der Waals surface area contributed by atoms with Gasteiger partial charge in [-0.1, -0.05) is 24.6 Å². The molecule has 134 valence electrons. The van der Waals surface area contributed by atoms with Gasteiger partial charge in [0.25, 0.3) is 0 Å². The first-order valence-corrected chi connectivity index (χ1v) is 10.1. The van der Waals surface area contributed by atoms with E-state index in [0.717, 1.165) is 24.8 Å². The van der Waals surface area contributed by atoms with E-state index in [1.54, 1.807) is 16.4 Å². The molecule has 1 aliphatic heterocycles. The Morgan fingerprint density at radius 3 is 2.38 bits per heavy atom. The summed E-state index contributed by atoms with van der Waals surface area (Å²) >= 11 is 0. The van der Waals surface area contributed by atoms with E-state index in [4.69, 9.17) is 0 Å². The number of benzene rings is 1. The highest BCUT2D eigenvalue weighted by Gasteiger charge is 2.30. The fourth-order valence-electron chi connectivity index (χ4n) is 2.91. The molecule has 1 aliphatic rings. The topological polar surface area (TPSA) is 66.5 Å². The number of sulfonamides is 1. The Labute approximate surface area is 145 Å². The summed E-state index contributed by atoms with van der Waals surface area (Å²) in [6.45, 7) is 6.94. The molecule has 0 saturated carbocycles. The minimum atomic E-state index is -3.42. The second-order valence-corrected chi connectivity index (χ2v) is 8.68. The van der Waals surface area contributed by atoms with Crippen LogP contribution < -0.4 is 5.32 Å². The first-order chi connectivity index (χ1) is 11.3. The average molecular weight is 353 g/mol. The van der Waals surface area contributed by atoms with E-state index in [1.165, 1.54) is 0 Å². The molecule has 2 rings (SSSR count). The van der Waals surface area contributed by atoms with Crippen molar-refractivity contribution in [3.8, 4) is 0 Å². The lowest BCUT2D eigenvalue weighted by Crippen LogP contribution is -2.40. The summed E-state index contributed by atoms with van der Waals surface area (Å²) in [5, 5.41) is 2.98. The maximum Gasteiger partial charge on any atom is 0.243 e. The van der Waals surface area contributed by atoms with Gasteiger partial charge in [-0.05, 0) is 51.2 Å². The summed E-state index contributed by atoms with van der Waals surface area (Å²) in [6.07, 6.45) is 2.87. The predicted molar refractivity (Wildman–Crippen MR) is 95.2 cm³/mol. The first-order valence-electron chi connectivity index (χ1n) is 8.69. The number of carbonyl (C=O) groups excluding carboxylic acids is 1. The zero-order valence-corrected chi connectivity index (χ0v) is 15.6. The number of nitrogens with one attached hydrogen (secondary N) is 1. The van der Waals surface area contributed by atoms with Crippen molar-refractivity contribution in [2.24, 2.45) is 5.92 Å². The summed E-state index contributed by atoms with van der Waals surface area (Å²) in [5.41, 5.74) is 1.04. The summed E-state index contributed by atoms with van der Waals surface area (Å²) in [7, 11) is -3.42. The van der Waals surface area contributed by atoms with Crippen molar-refractivity contribution in [2.75, 3.05) is 13.1 Å². The van der Waals surface area contributed by atoms with Gasteiger partial charge in [-0.15, -0.1) is 0 Å². The van der Waals surface area contributed by atoms with Crippen molar-refractivity contribution in [3.63, 3.8) is 0 Å².